The third-order valence-electron chi connectivity index (χ3n) is 4.76. The van der Waals surface area contributed by atoms with Crippen molar-refractivity contribution in [3.05, 3.63) is 30.1 Å². The predicted octanol–water partition coefficient (Wildman–Crippen LogP) is 2.17. The molecule has 1 aromatic carbocycles. The van der Waals surface area contributed by atoms with Gasteiger partial charge < -0.3 is 10.0 Å². The molecule has 0 aliphatic carbocycles. The number of aliphatic hydroxyl groups is 1. The molecule has 120 valence electrons. The van der Waals surface area contributed by atoms with Gasteiger partial charge in [-0.25, -0.2) is 4.39 Å². The van der Waals surface area contributed by atoms with Gasteiger partial charge >= 0.3 is 0 Å². The van der Waals surface area contributed by atoms with E-state index in [9.17, 15) is 14.3 Å². The second-order valence-electron chi connectivity index (χ2n) is 6.36. The van der Waals surface area contributed by atoms with Gasteiger partial charge in [-0.15, -0.1) is 0 Å². The Balaban J connectivity index is 1.75. The second-order valence-corrected chi connectivity index (χ2v) is 6.36. The summed E-state index contributed by atoms with van der Waals surface area (Å²) in [4.78, 5) is 16.5. The Morgan fingerprint density at radius 2 is 2.09 bits per heavy atom. The summed E-state index contributed by atoms with van der Waals surface area (Å²) in [7, 11) is 0. The lowest BCUT2D eigenvalue weighted by Gasteiger charge is -2.30. The van der Waals surface area contributed by atoms with E-state index in [4.69, 9.17) is 0 Å². The molecule has 2 heterocycles. The number of likely N-dealkylation sites (tertiary alicyclic amines) is 1. The monoisotopic (exact) mass is 306 g/mol. The Kier molecular flexibility index (Phi) is 4.45. The molecule has 0 bridgehead atoms. The summed E-state index contributed by atoms with van der Waals surface area (Å²) in [5.74, 6) is -0.360. The number of anilines is 1. The minimum Gasteiger partial charge on any atom is -0.393 e. The molecule has 0 aromatic heterocycles. The number of hydrogen-bond donors (Lipinski definition) is 1. The summed E-state index contributed by atoms with van der Waals surface area (Å²) < 4.78 is 13.9. The number of hydrogen-bond acceptors (Lipinski definition) is 3. The normalized spacial score (nSPS) is 27.6. The first kappa shape index (κ1) is 15.4. The minimum atomic E-state index is -0.357. The molecule has 0 radical (unpaired) electrons. The van der Waals surface area contributed by atoms with Crippen LogP contribution in [-0.2, 0) is 4.79 Å². The van der Waals surface area contributed by atoms with Gasteiger partial charge in [-0.3, -0.25) is 9.69 Å². The molecule has 1 aromatic rings. The van der Waals surface area contributed by atoms with Crippen LogP contribution in [0.3, 0.4) is 0 Å². The molecule has 1 amide bonds. The number of benzene rings is 1. The molecular formula is C17H23FN2O2. The van der Waals surface area contributed by atoms with Crippen molar-refractivity contribution in [2.24, 2.45) is 0 Å². The number of carbonyl (C=O) groups is 1. The third-order valence-corrected chi connectivity index (χ3v) is 4.76. The smallest absolute Gasteiger partial charge is 0.244 e. The van der Waals surface area contributed by atoms with E-state index < -0.39 is 0 Å². The number of halogens is 1. The molecule has 2 fully saturated rings. The summed E-state index contributed by atoms with van der Waals surface area (Å²) in [6, 6.07) is 6.52. The molecule has 2 aliphatic rings. The summed E-state index contributed by atoms with van der Waals surface area (Å²) in [5, 5.41) is 9.63. The van der Waals surface area contributed by atoms with Crippen molar-refractivity contribution in [1.82, 2.24) is 4.90 Å². The van der Waals surface area contributed by atoms with Crippen LogP contribution < -0.4 is 4.90 Å². The van der Waals surface area contributed by atoms with Crippen molar-refractivity contribution in [3.8, 4) is 0 Å². The summed E-state index contributed by atoms with van der Waals surface area (Å²) in [6.45, 7) is 3.24. The zero-order valence-corrected chi connectivity index (χ0v) is 12.9. The Hall–Kier alpha value is -1.46. The number of aliphatic hydroxyl groups excluding tert-OH is 1. The molecule has 4 nitrogen and oxygen atoms in total. The van der Waals surface area contributed by atoms with Gasteiger partial charge in [0, 0.05) is 12.6 Å². The maximum atomic E-state index is 13.9. The van der Waals surface area contributed by atoms with E-state index in [0.717, 1.165) is 25.8 Å². The van der Waals surface area contributed by atoms with Crippen LogP contribution in [0.25, 0.3) is 0 Å². The number of carbonyl (C=O) groups excluding carboxylic acids is 1. The quantitative estimate of drug-likeness (QED) is 0.927. The molecule has 3 rings (SSSR count). The van der Waals surface area contributed by atoms with Crippen molar-refractivity contribution < 1.29 is 14.3 Å². The van der Waals surface area contributed by atoms with Gasteiger partial charge in [0.2, 0.25) is 5.91 Å². The average Bonchev–Trinajstić information content (AvgIpc) is 3.05. The molecule has 22 heavy (non-hydrogen) atoms. The van der Waals surface area contributed by atoms with E-state index in [1.165, 1.54) is 6.07 Å². The summed E-state index contributed by atoms with van der Waals surface area (Å²) >= 11 is 0. The zero-order chi connectivity index (χ0) is 15.7. The fourth-order valence-corrected chi connectivity index (χ4v) is 3.80. The lowest BCUT2D eigenvalue weighted by Crippen LogP contribution is -2.45. The molecule has 3 atom stereocenters. The highest BCUT2D eigenvalue weighted by molar-refractivity contribution is 5.99. The van der Waals surface area contributed by atoms with Gasteiger partial charge in [-0.1, -0.05) is 12.1 Å². The van der Waals surface area contributed by atoms with Crippen molar-refractivity contribution >= 4 is 11.6 Å². The highest BCUT2D eigenvalue weighted by atomic mass is 19.1. The molecular weight excluding hydrogens is 283 g/mol. The van der Waals surface area contributed by atoms with Crippen molar-refractivity contribution in [2.45, 2.75) is 50.8 Å². The van der Waals surface area contributed by atoms with Gasteiger partial charge in [-0.05, 0) is 51.3 Å². The first-order valence-corrected chi connectivity index (χ1v) is 8.07. The molecule has 0 spiro atoms. The molecule has 1 N–H and O–H groups in total. The lowest BCUT2D eigenvalue weighted by molar-refractivity contribution is -0.122. The lowest BCUT2D eigenvalue weighted by atomic mass is 10.1. The Morgan fingerprint density at radius 1 is 1.32 bits per heavy atom. The maximum Gasteiger partial charge on any atom is 0.244 e. The Labute approximate surface area is 130 Å². The SMILES string of the molecule is CC(O)CC1CCCN1C1CCN(c2ccccc2F)C1=O. The van der Waals surface area contributed by atoms with E-state index in [0.29, 0.717) is 18.7 Å². The predicted molar refractivity (Wildman–Crippen MR) is 83.2 cm³/mol. The van der Waals surface area contributed by atoms with E-state index in [1.54, 1.807) is 30.0 Å². The fraction of sp³-hybridized carbons (Fsp3) is 0.588. The van der Waals surface area contributed by atoms with Crippen LogP contribution in [0.1, 0.15) is 32.6 Å². The van der Waals surface area contributed by atoms with Crippen LogP contribution in [0.15, 0.2) is 24.3 Å². The first-order valence-electron chi connectivity index (χ1n) is 8.07. The van der Waals surface area contributed by atoms with Crippen molar-refractivity contribution in [1.29, 1.82) is 0 Å². The van der Waals surface area contributed by atoms with Gasteiger partial charge in [-0.2, -0.15) is 0 Å². The standard InChI is InChI=1S/C17H23FN2O2/c1-12(21)11-13-5-4-9-19(13)16-8-10-20(17(16)22)15-7-3-2-6-14(15)18/h2-3,6-7,12-13,16,21H,4-5,8-11H2,1H3. The molecule has 0 saturated carbocycles. The third kappa shape index (κ3) is 2.88. The second kappa shape index (κ2) is 6.34. The molecule has 2 aliphatic heterocycles. The van der Waals surface area contributed by atoms with E-state index in [-0.39, 0.29) is 29.9 Å². The van der Waals surface area contributed by atoms with Crippen LogP contribution in [0.4, 0.5) is 10.1 Å². The number of nitrogens with zero attached hydrogens (tertiary/aromatic N) is 2. The Bertz CT molecular complexity index is 549. The number of rotatable bonds is 4. The van der Waals surface area contributed by atoms with Crippen LogP contribution in [0, 0.1) is 5.82 Å². The van der Waals surface area contributed by atoms with Gasteiger partial charge in [0.05, 0.1) is 17.8 Å². The van der Waals surface area contributed by atoms with E-state index >= 15 is 0 Å². The largest absolute Gasteiger partial charge is 0.393 e. The highest BCUT2D eigenvalue weighted by Crippen LogP contribution is 2.31. The molecule has 3 unspecified atom stereocenters. The van der Waals surface area contributed by atoms with E-state index in [1.807, 2.05) is 0 Å². The maximum absolute atomic E-state index is 13.9. The fourth-order valence-electron chi connectivity index (χ4n) is 3.80. The zero-order valence-electron chi connectivity index (χ0n) is 12.9. The highest BCUT2D eigenvalue weighted by Gasteiger charge is 2.41. The van der Waals surface area contributed by atoms with Crippen LogP contribution in [0.2, 0.25) is 0 Å². The van der Waals surface area contributed by atoms with Crippen LogP contribution in [0.5, 0.6) is 0 Å². The van der Waals surface area contributed by atoms with Crippen molar-refractivity contribution in [2.75, 3.05) is 18.0 Å². The topological polar surface area (TPSA) is 43.8 Å². The average molecular weight is 306 g/mol. The van der Waals surface area contributed by atoms with Gasteiger partial charge in [0.25, 0.3) is 0 Å². The number of amides is 1. The van der Waals surface area contributed by atoms with Crippen LogP contribution in [-0.4, -0.2) is 47.2 Å². The summed E-state index contributed by atoms with van der Waals surface area (Å²) in [6.07, 6.45) is 3.15. The first-order chi connectivity index (χ1) is 10.6. The Morgan fingerprint density at radius 3 is 2.82 bits per heavy atom. The van der Waals surface area contributed by atoms with Crippen LogP contribution >= 0.6 is 0 Å². The van der Waals surface area contributed by atoms with Gasteiger partial charge in [0.15, 0.2) is 0 Å². The van der Waals surface area contributed by atoms with Crippen molar-refractivity contribution in [3.63, 3.8) is 0 Å². The minimum absolute atomic E-state index is 0.0115. The molecule has 5 heteroatoms. The van der Waals surface area contributed by atoms with E-state index in [2.05, 4.69) is 4.90 Å². The van der Waals surface area contributed by atoms with Gasteiger partial charge in [0.1, 0.15) is 5.82 Å². The summed E-state index contributed by atoms with van der Waals surface area (Å²) in [5.41, 5.74) is 0.376. The number of para-hydroxylation sites is 1. The molecule has 2 saturated heterocycles.